The van der Waals surface area contributed by atoms with Crippen LogP contribution in [0.15, 0.2) is 0 Å². The lowest BCUT2D eigenvalue weighted by atomic mass is 10.3. The second kappa shape index (κ2) is 5.86. The second-order valence-electron chi connectivity index (χ2n) is 3.02. The molecule has 0 unspecified atom stereocenters. The molecule has 0 amide bonds. The number of hydrogen-bond acceptors (Lipinski definition) is 3. The summed E-state index contributed by atoms with van der Waals surface area (Å²) in [5.41, 5.74) is 0. The van der Waals surface area contributed by atoms with Crippen LogP contribution < -0.4 is 5.32 Å². The first-order valence-electron chi connectivity index (χ1n) is 4.47. The third-order valence-corrected chi connectivity index (χ3v) is 2.38. The van der Waals surface area contributed by atoms with E-state index in [4.69, 9.17) is 0 Å². The van der Waals surface area contributed by atoms with Crippen LogP contribution >= 0.6 is 12.6 Å². The van der Waals surface area contributed by atoms with Crippen LogP contribution in [0.5, 0.6) is 0 Å². The molecule has 1 N–H and O–H groups in total. The van der Waals surface area contributed by atoms with Crippen molar-refractivity contribution in [1.82, 2.24) is 10.2 Å². The molecule has 0 spiro atoms. The largest absolute Gasteiger partial charge is 0.315 e. The normalized spacial score (nSPS) is 21.5. The maximum absolute atomic E-state index is 4.20. The molecule has 0 bridgehead atoms. The van der Waals surface area contributed by atoms with E-state index < -0.39 is 0 Å². The van der Waals surface area contributed by atoms with E-state index in [1.54, 1.807) is 0 Å². The van der Waals surface area contributed by atoms with Crippen LogP contribution in [-0.4, -0.2) is 43.4 Å². The molecule has 0 aromatic rings. The quantitative estimate of drug-likeness (QED) is 0.609. The summed E-state index contributed by atoms with van der Waals surface area (Å²) < 4.78 is 0. The highest BCUT2D eigenvalue weighted by molar-refractivity contribution is 7.80. The summed E-state index contributed by atoms with van der Waals surface area (Å²) >= 11 is 4.20. The van der Waals surface area contributed by atoms with Crippen molar-refractivity contribution in [2.24, 2.45) is 0 Å². The second-order valence-corrected chi connectivity index (χ2v) is 3.47. The summed E-state index contributed by atoms with van der Waals surface area (Å²) in [5, 5.41) is 3.39. The van der Waals surface area contributed by atoms with Gasteiger partial charge in [-0.15, -0.1) is 0 Å². The maximum atomic E-state index is 4.20. The summed E-state index contributed by atoms with van der Waals surface area (Å²) in [7, 11) is 0. The summed E-state index contributed by atoms with van der Waals surface area (Å²) in [6.07, 6.45) is 2.52. The lowest BCUT2D eigenvalue weighted by molar-refractivity contribution is 0.294. The van der Waals surface area contributed by atoms with Crippen LogP contribution in [0.4, 0.5) is 0 Å². The van der Waals surface area contributed by atoms with Crippen molar-refractivity contribution in [2.45, 2.75) is 12.8 Å². The molecule has 11 heavy (non-hydrogen) atoms. The summed E-state index contributed by atoms with van der Waals surface area (Å²) in [6.45, 7) is 6.06. The molecular weight excluding hydrogens is 156 g/mol. The van der Waals surface area contributed by atoms with E-state index in [9.17, 15) is 0 Å². The zero-order chi connectivity index (χ0) is 7.94. The van der Waals surface area contributed by atoms with Crippen molar-refractivity contribution in [3.63, 3.8) is 0 Å². The molecule has 0 aromatic carbocycles. The molecule has 0 saturated carbocycles. The third kappa shape index (κ3) is 3.99. The van der Waals surface area contributed by atoms with Gasteiger partial charge in [0.15, 0.2) is 0 Å². The van der Waals surface area contributed by atoms with Crippen LogP contribution in [0.2, 0.25) is 0 Å². The monoisotopic (exact) mass is 174 g/mol. The molecule has 1 saturated heterocycles. The molecule has 2 nitrogen and oxygen atoms in total. The Morgan fingerprint density at radius 3 is 3.00 bits per heavy atom. The summed E-state index contributed by atoms with van der Waals surface area (Å²) in [4.78, 5) is 2.52. The molecule has 0 aliphatic carbocycles. The van der Waals surface area contributed by atoms with Gasteiger partial charge in [-0.05, 0) is 38.2 Å². The van der Waals surface area contributed by atoms with Crippen LogP contribution in [0.3, 0.4) is 0 Å². The highest BCUT2D eigenvalue weighted by atomic mass is 32.1. The van der Waals surface area contributed by atoms with Crippen LogP contribution in [0.25, 0.3) is 0 Å². The van der Waals surface area contributed by atoms with E-state index >= 15 is 0 Å². The minimum absolute atomic E-state index is 1.02. The van der Waals surface area contributed by atoms with Crippen molar-refractivity contribution in [3.05, 3.63) is 0 Å². The van der Waals surface area contributed by atoms with Gasteiger partial charge in [-0.1, -0.05) is 0 Å². The van der Waals surface area contributed by atoms with Crippen molar-refractivity contribution >= 4 is 12.6 Å². The van der Waals surface area contributed by atoms with E-state index in [1.807, 2.05) is 0 Å². The molecule has 1 aliphatic heterocycles. The van der Waals surface area contributed by atoms with Crippen molar-refractivity contribution in [2.75, 3.05) is 38.5 Å². The molecule has 0 atom stereocenters. The maximum Gasteiger partial charge on any atom is 0.0107 e. The third-order valence-electron chi connectivity index (χ3n) is 2.07. The van der Waals surface area contributed by atoms with Gasteiger partial charge in [-0.2, -0.15) is 12.6 Å². The van der Waals surface area contributed by atoms with Gasteiger partial charge in [0.25, 0.3) is 0 Å². The van der Waals surface area contributed by atoms with E-state index in [0.29, 0.717) is 0 Å². The van der Waals surface area contributed by atoms with Gasteiger partial charge in [-0.25, -0.2) is 0 Å². The smallest absolute Gasteiger partial charge is 0.0107 e. The lowest BCUT2D eigenvalue weighted by Gasteiger charge is -2.18. The SMILES string of the molecule is SCCCN1CCCNCC1. The molecule has 0 radical (unpaired) electrons. The minimum Gasteiger partial charge on any atom is -0.315 e. The Labute approximate surface area is 74.8 Å². The van der Waals surface area contributed by atoms with Crippen LogP contribution in [0.1, 0.15) is 12.8 Å². The van der Waals surface area contributed by atoms with Crippen LogP contribution in [0, 0.1) is 0 Å². The molecule has 3 heteroatoms. The van der Waals surface area contributed by atoms with Gasteiger partial charge in [0.05, 0.1) is 0 Å². The van der Waals surface area contributed by atoms with E-state index in [-0.39, 0.29) is 0 Å². The van der Waals surface area contributed by atoms with Gasteiger partial charge >= 0.3 is 0 Å². The summed E-state index contributed by atoms with van der Waals surface area (Å²) in [5.74, 6) is 1.02. The Morgan fingerprint density at radius 1 is 1.27 bits per heavy atom. The molecular formula is C8H18N2S. The Kier molecular flexibility index (Phi) is 4.99. The van der Waals surface area contributed by atoms with Gasteiger partial charge in [0.2, 0.25) is 0 Å². The average Bonchev–Trinajstić information content (AvgIpc) is 2.28. The first kappa shape index (κ1) is 9.36. The Balaban J connectivity index is 2.09. The minimum atomic E-state index is 1.02. The van der Waals surface area contributed by atoms with Crippen molar-refractivity contribution in [3.8, 4) is 0 Å². The van der Waals surface area contributed by atoms with Crippen molar-refractivity contribution < 1.29 is 0 Å². The molecule has 1 rings (SSSR count). The Morgan fingerprint density at radius 2 is 2.18 bits per heavy atom. The van der Waals surface area contributed by atoms with E-state index in [0.717, 1.165) is 12.3 Å². The predicted octanol–water partition coefficient (Wildman–Crippen LogP) is 0.602. The van der Waals surface area contributed by atoms with Gasteiger partial charge in [0, 0.05) is 13.1 Å². The highest BCUT2D eigenvalue weighted by Crippen LogP contribution is 1.97. The topological polar surface area (TPSA) is 15.3 Å². The fourth-order valence-corrected chi connectivity index (χ4v) is 1.56. The molecule has 1 fully saturated rings. The van der Waals surface area contributed by atoms with Crippen LogP contribution in [-0.2, 0) is 0 Å². The fourth-order valence-electron chi connectivity index (χ4n) is 1.42. The van der Waals surface area contributed by atoms with Gasteiger partial charge in [-0.3, -0.25) is 0 Å². The highest BCUT2D eigenvalue weighted by Gasteiger charge is 2.06. The number of nitrogens with one attached hydrogen (secondary N) is 1. The molecule has 1 heterocycles. The number of rotatable bonds is 3. The average molecular weight is 174 g/mol. The number of hydrogen-bond donors (Lipinski definition) is 2. The zero-order valence-electron chi connectivity index (χ0n) is 7.05. The lowest BCUT2D eigenvalue weighted by Crippen LogP contribution is -2.29. The number of thiol groups is 1. The molecule has 1 aliphatic rings. The first-order valence-corrected chi connectivity index (χ1v) is 5.10. The first-order chi connectivity index (χ1) is 5.43. The van der Waals surface area contributed by atoms with E-state index in [2.05, 4.69) is 22.8 Å². The van der Waals surface area contributed by atoms with E-state index in [1.165, 1.54) is 39.0 Å². The van der Waals surface area contributed by atoms with Gasteiger partial charge in [0.1, 0.15) is 0 Å². The summed E-state index contributed by atoms with van der Waals surface area (Å²) in [6, 6.07) is 0. The van der Waals surface area contributed by atoms with Gasteiger partial charge < -0.3 is 10.2 Å². The Bertz CT molecular complexity index is 90.1. The molecule has 0 aromatic heterocycles. The standard InChI is InChI=1S/C8H18N2S/c11-8-2-6-10-5-1-3-9-4-7-10/h9,11H,1-8H2. The van der Waals surface area contributed by atoms with Crippen molar-refractivity contribution in [1.29, 1.82) is 0 Å². The zero-order valence-corrected chi connectivity index (χ0v) is 7.95. The fraction of sp³-hybridized carbons (Fsp3) is 1.00. The predicted molar refractivity (Wildman–Crippen MR) is 52.4 cm³/mol. The molecule has 66 valence electrons. The number of nitrogens with zero attached hydrogens (tertiary/aromatic N) is 1. The Hall–Kier alpha value is 0.270.